The van der Waals surface area contributed by atoms with Gasteiger partial charge in [-0.3, -0.25) is 4.79 Å². The van der Waals surface area contributed by atoms with E-state index in [1.165, 1.54) is 29.6 Å². The minimum atomic E-state index is -3.72. The lowest BCUT2D eigenvalue weighted by molar-refractivity contribution is -0.142. The number of esters is 1. The Morgan fingerprint density at radius 3 is 2.34 bits per heavy atom. The summed E-state index contributed by atoms with van der Waals surface area (Å²) >= 11 is 0. The highest BCUT2D eigenvalue weighted by Gasteiger charge is 2.32. The van der Waals surface area contributed by atoms with Crippen LogP contribution in [0, 0.1) is 11.8 Å². The van der Waals surface area contributed by atoms with Crippen LogP contribution in [0.5, 0.6) is 0 Å². The van der Waals surface area contributed by atoms with Crippen LogP contribution in [-0.4, -0.2) is 50.8 Å². The van der Waals surface area contributed by atoms with Gasteiger partial charge in [0.1, 0.15) is 6.04 Å². The Kier molecular flexibility index (Phi) is 7.69. The second-order valence-electron chi connectivity index (χ2n) is 8.53. The number of carbonyl (C=O) groups is 2. The van der Waals surface area contributed by atoms with Crippen LogP contribution in [0.15, 0.2) is 59.5 Å². The van der Waals surface area contributed by atoms with Gasteiger partial charge in [0.15, 0.2) is 0 Å². The molecule has 2 aromatic carbocycles. The van der Waals surface area contributed by atoms with E-state index in [-0.39, 0.29) is 28.7 Å². The average molecular weight is 459 g/mol. The summed E-state index contributed by atoms with van der Waals surface area (Å²) < 4.78 is 32.7. The minimum Gasteiger partial charge on any atom is -0.467 e. The van der Waals surface area contributed by atoms with Gasteiger partial charge in [0.05, 0.1) is 12.0 Å². The molecule has 0 radical (unpaired) electrons. The van der Waals surface area contributed by atoms with E-state index >= 15 is 0 Å². The van der Waals surface area contributed by atoms with Crippen LogP contribution in [0.3, 0.4) is 0 Å². The van der Waals surface area contributed by atoms with Crippen molar-refractivity contribution in [2.75, 3.05) is 20.2 Å². The number of nitrogens with one attached hydrogen (secondary N) is 1. The predicted molar refractivity (Wildman–Crippen MR) is 122 cm³/mol. The van der Waals surface area contributed by atoms with E-state index in [9.17, 15) is 18.0 Å². The fourth-order valence-electron chi connectivity index (χ4n) is 4.18. The van der Waals surface area contributed by atoms with E-state index < -0.39 is 27.9 Å². The monoisotopic (exact) mass is 458 g/mol. The third-order valence-electron chi connectivity index (χ3n) is 5.64. The number of nitrogens with zero attached hydrogens (tertiary/aromatic N) is 1. The summed E-state index contributed by atoms with van der Waals surface area (Å²) in [7, 11) is -2.46. The van der Waals surface area contributed by atoms with Crippen molar-refractivity contribution < 1.29 is 22.7 Å². The van der Waals surface area contributed by atoms with Crippen molar-refractivity contribution in [1.82, 2.24) is 9.62 Å². The van der Waals surface area contributed by atoms with Crippen LogP contribution in [0.4, 0.5) is 0 Å². The highest BCUT2D eigenvalue weighted by Crippen LogP contribution is 2.27. The number of methoxy groups -OCH3 is 1. The molecule has 0 spiro atoms. The maximum atomic E-state index is 13.2. The molecular formula is C24H30N2O5S. The first-order valence-electron chi connectivity index (χ1n) is 10.7. The lowest BCUT2D eigenvalue weighted by atomic mass is 9.94. The largest absolute Gasteiger partial charge is 0.467 e. The summed E-state index contributed by atoms with van der Waals surface area (Å²) in [6.07, 6.45) is 1.26. The molecule has 0 aliphatic carbocycles. The van der Waals surface area contributed by atoms with E-state index in [1.807, 2.05) is 44.2 Å². The number of benzene rings is 2. The third kappa shape index (κ3) is 5.75. The van der Waals surface area contributed by atoms with Crippen molar-refractivity contribution in [1.29, 1.82) is 0 Å². The number of rotatable bonds is 7. The zero-order valence-electron chi connectivity index (χ0n) is 18.7. The van der Waals surface area contributed by atoms with Crippen LogP contribution < -0.4 is 5.32 Å². The SMILES string of the molecule is COC(=O)[C@@H](Cc1ccccc1)NC(=O)c1cccc(S(=O)(=O)N2C[C@H](C)C[C@H](C)C2)c1. The molecule has 7 nitrogen and oxygen atoms in total. The average Bonchev–Trinajstić information content (AvgIpc) is 2.78. The van der Waals surface area contributed by atoms with Gasteiger partial charge in [0, 0.05) is 25.1 Å². The Hall–Kier alpha value is -2.71. The molecule has 1 amide bonds. The molecule has 1 heterocycles. The lowest BCUT2D eigenvalue weighted by Crippen LogP contribution is -2.43. The molecule has 0 unspecified atom stereocenters. The van der Waals surface area contributed by atoms with Crippen LogP contribution in [-0.2, 0) is 26.0 Å². The number of amides is 1. The predicted octanol–water partition coefficient (Wildman–Crippen LogP) is 2.87. The molecule has 8 heteroatoms. The van der Waals surface area contributed by atoms with E-state index in [1.54, 1.807) is 6.07 Å². The van der Waals surface area contributed by atoms with Crippen LogP contribution in [0.25, 0.3) is 0 Å². The second kappa shape index (κ2) is 10.3. The molecule has 3 rings (SSSR count). The number of hydrogen-bond acceptors (Lipinski definition) is 5. The standard InChI is InChI=1S/C24H30N2O5S/c1-17-12-18(2)16-26(15-17)32(29,30)21-11-7-10-20(14-21)23(27)25-22(24(28)31-3)13-19-8-5-4-6-9-19/h4-11,14,17-18,22H,12-13,15-16H2,1-3H3,(H,25,27)/t17-,18+,22-/m1/s1. The number of carbonyl (C=O) groups excluding carboxylic acids is 2. The van der Waals surface area contributed by atoms with Gasteiger partial charge >= 0.3 is 5.97 Å². The smallest absolute Gasteiger partial charge is 0.328 e. The quantitative estimate of drug-likeness (QED) is 0.644. The molecule has 0 bridgehead atoms. The fourth-order valence-corrected chi connectivity index (χ4v) is 5.90. The van der Waals surface area contributed by atoms with Crippen molar-refractivity contribution >= 4 is 21.9 Å². The molecule has 2 aromatic rings. The van der Waals surface area contributed by atoms with Gasteiger partial charge in [0.25, 0.3) is 5.91 Å². The summed E-state index contributed by atoms with van der Waals surface area (Å²) in [5, 5.41) is 2.68. The van der Waals surface area contributed by atoms with E-state index in [4.69, 9.17) is 4.74 Å². The molecule has 0 saturated carbocycles. The fraction of sp³-hybridized carbons (Fsp3) is 0.417. The number of hydrogen-bond donors (Lipinski definition) is 1. The first-order chi connectivity index (χ1) is 15.2. The summed E-state index contributed by atoms with van der Waals surface area (Å²) in [4.78, 5) is 25.2. The molecule has 1 aliphatic rings. The van der Waals surface area contributed by atoms with Gasteiger partial charge in [-0.2, -0.15) is 4.31 Å². The molecular weight excluding hydrogens is 428 g/mol. The van der Waals surface area contributed by atoms with E-state index in [0.717, 1.165) is 12.0 Å². The van der Waals surface area contributed by atoms with Crippen molar-refractivity contribution in [3.63, 3.8) is 0 Å². The molecule has 1 fully saturated rings. The van der Waals surface area contributed by atoms with Crippen molar-refractivity contribution in [2.45, 2.75) is 37.6 Å². The zero-order chi connectivity index (χ0) is 23.3. The zero-order valence-corrected chi connectivity index (χ0v) is 19.5. The highest BCUT2D eigenvalue weighted by molar-refractivity contribution is 7.89. The highest BCUT2D eigenvalue weighted by atomic mass is 32.2. The number of sulfonamides is 1. The van der Waals surface area contributed by atoms with E-state index in [0.29, 0.717) is 13.1 Å². The van der Waals surface area contributed by atoms with Gasteiger partial charge in [-0.15, -0.1) is 0 Å². The molecule has 1 N–H and O–H groups in total. The van der Waals surface area contributed by atoms with Crippen LogP contribution in [0.2, 0.25) is 0 Å². The maximum Gasteiger partial charge on any atom is 0.328 e. The molecule has 3 atom stereocenters. The minimum absolute atomic E-state index is 0.0733. The normalized spacial score (nSPS) is 20.3. The first-order valence-corrected chi connectivity index (χ1v) is 12.2. The second-order valence-corrected chi connectivity index (χ2v) is 10.5. The maximum absolute atomic E-state index is 13.2. The molecule has 0 aromatic heterocycles. The molecule has 172 valence electrons. The van der Waals surface area contributed by atoms with Crippen molar-refractivity contribution in [2.24, 2.45) is 11.8 Å². The van der Waals surface area contributed by atoms with Gasteiger partial charge in [-0.05, 0) is 42.0 Å². The Balaban J connectivity index is 1.79. The van der Waals surface area contributed by atoms with Crippen molar-refractivity contribution in [3.05, 3.63) is 65.7 Å². The van der Waals surface area contributed by atoms with Gasteiger partial charge < -0.3 is 10.1 Å². The lowest BCUT2D eigenvalue weighted by Gasteiger charge is -2.34. The Morgan fingerprint density at radius 2 is 1.72 bits per heavy atom. The topological polar surface area (TPSA) is 92.8 Å². The van der Waals surface area contributed by atoms with Gasteiger partial charge in [-0.25, -0.2) is 13.2 Å². The Bertz CT molecular complexity index is 1050. The van der Waals surface area contributed by atoms with Gasteiger partial charge in [-0.1, -0.05) is 50.2 Å². The summed E-state index contributed by atoms with van der Waals surface area (Å²) in [6, 6.07) is 14.3. The summed E-state index contributed by atoms with van der Waals surface area (Å²) in [5.41, 5.74) is 1.04. The van der Waals surface area contributed by atoms with Gasteiger partial charge in [0.2, 0.25) is 10.0 Å². The molecule has 1 aliphatic heterocycles. The summed E-state index contributed by atoms with van der Waals surface area (Å²) in [5.74, 6) is -0.548. The number of piperidine rings is 1. The van der Waals surface area contributed by atoms with Crippen molar-refractivity contribution in [3.8, 4) is 0 Å². The summed E-state index contributed by atoms with van der Waals surface area (Å²) in [6.45, 7) is 5.01. The molecule has 1 saturated heterocycles. The first kappa shape index (κ1) is 23.9. The molecule has 32 heavy (non-hydrogen) atoms. The third-order valence-corrected chi connectivity index (χ3v) is 7.47. The Morgan fingerprint density at radius 1 is 1.06 bits per heavy atom. The Labute approximate surface area is 189 Å². The van der Waals surface area contributed by atoms with Crippen LogP contribution in [0.1, 0.15) is 36.2 Å². The number of ether oxygens (including phenoxy) is 1. The van der Waals surface area contributed by atoms with Crippen LogP contribution >= 0.6 is 0 Å². The van der Waals surface area contributed by atoms with E-state index in [2.05, 4.69) is 5.32 Å².